The van der Waals surface area contributed by atoms with Gasteiger partial charge in [-0.2, -0.15) is 0 Å². The van der Waals surface area contributed by atoms with Crippen molar-refractivity contribution in [2.24, 2.45) is 0 Å². The van der Waals surface area contributed by atoms with Crippen molar-refractivity contribution in [3.63, 3.8) is 0 Å². The van der Waals surface area contributed by atoms with Gasteiger partial charge in [0.2, 0.25) is 5.95 Å². The fourth-order valence-corrected chi connectivity index (χ4v) is 3.51. The van der Waals surface area contributed by atoms with Crippen LogP contribution in [0.4, 0.5) is 10.3 Å². The van der Waals surface area contributed by atoms with E-state index < -0.39 is 5.82 Å². The number of nitrogens with one attached hydrogen (secondary N) is 1. The average molecular weight is 396 g/mol. The molecule has 4 rings (SSSR count). The molecule has 1 aliphatic rings. The van der Waals surface area contributed by atoms with Crippen molar-refractivity contribution in [2.75, 3.05) is 12.4 Å². The molecule has 0 spiro atoms. The van der Waals surface area contributed by atoms with E-state index in [2.05, 4.69) is 15.3 Å². The van der Waals surface area contributed by atoms with Crippen LogP contribution in [0.25, 0.3) is 16.9 Å². The lowest BCUT2D eigenvalue weighted by Crippen LogP contribution is -2.23. The number of nitrogens with zero attached hydrogens (tertiary/aromatic N) is 3. The quantitative estimate of drug-likeness (QED) is 0.701. The van der Waals surface area contributed by atoms with Crippen LogP contribution in [0.2, 0.25) is 0 Å². The number of aliphatic hydroxyl groups is 1. The van der Waals surface area contributed by atoms with Gasteiger partial charge in [0.15, 0.2) is 5.82 Å². The summed E-state index contributed by atoms with van der Waals surface area (Å²) >= 11 is 0. The number of anilines is 1. The molecule has 1 fully saturated rings. The van der Waals surface area contributed by atoms with Gasteiger partial charge < -0.3 is 10.4 Å². The number of hydrogen-bond acceptors (Lipinski definition) is 5. The fraction of sp³-hybridized carbons (Fsp3) is 0.318. The molecule has 2 heterocycles. The third kappa shape index (κ3) is 5.06. The number of rotatable bonds is 4. The molecule has 7 heteroatoms. The molecular formula is C22H25FN4O2. The molecule has 152 valence electrons. The molecule has 0 saturated heterocycles. The van der Waals surface area contributed by atoms with Crippen LogP contribution in [0.5, 0.6) is 0 Å². The monoisotopic (exact) mass is 396 g/mol. The molecule has 2 aromatic heterocycles. The Morgan fingerprint density at radius 2 is 1.90 bits per heavy atom. The second-order valence-corrected chi connectivity index (χ2v) is 6.83. The summed E-state index contributed by atoms with van der Waals surface area (Å²) in [5.41, 5.74) is 1.36. The molecule has 0 unspecified atom stereocenters. The van der Waals surface area contributed by atoms with Crippen molar-refractivity contribution in [3.8, 4) is 16.9 Å². The molecule has 0 aliphatic heterocycles. The second-order valence-electron chi connectivity index (χ2n) is 6.83. The first-order valence-electron chi connectivity index (χ1n) is 9.73. The standard InChI is InChI=1S/C21H21FN4O.CH4O/c22-18-14-23-21(24-16-8-2-1-3-9-16)25-20(18)15-7-6-10-17(13-15)26-12-5-4-11-19(26)27;1-2/h4-7,10-14,16H,1-3,8-9H2,(H,23,24,25);2H,1H3. The fourth-order valence-electron chi connectivity index (χ4n) is 3.51. The maximum atomic E-state index is 14.4. The number of hydrogen-bond donors (Lipinski definition) is 2. The summed E-state index contributed by atoms with van der Waals surface area (Å²) in [5.74, 6) is -0.0395. The molecule has 0 bridgehead atoms. The molecule has 3 aromatic rings. The van der Waals surface area contributed by atoms with Gasteiger partial charge in [0.25, 0.3) is 5.56 Å². The van der Waals surface area contributed by atoms with Crippen molar-refractivity contribution in [1.82, 2.24) is 14.5 Å². The topological polar surface area (TPSA) is 80.0 Å². The molecular weight excluding hydrogens is 371 g/mol. The van der Waals surface area contributed by atoms with Crippen molar-refractivity contribution in [3.05, 3.63) is 71.0 Å². The largest absolute Gasteiger partial charge is 0.400 e. The summed E-state index contributed by atoms with van der Waals surface area (Å²) in [5, 5.41) is 10.3. The predicted molar refractivity (Wildman–Crippen MR) is 112 cm³/mol. The van der Waals surface area contributed by atoms with Gasteiger partial charge in [-0.1, -0.05) is 37.5 Å². The molecule has 1 aromatic carbocycles. The highest BCUT2D eigenvalue weighted by Gasteiger charge is 2.16. The molecule has 0 atom stereocenters. The average Bonchev–Trinajstić information content (AvgIpc) is 2.78. The number of aliphatic hydroxyl groups excluding tert-OH is 1. The maximum absolute atomic E-state index is 14.4. The van der Waals surface area contributed by atoms with E-state index in [0.29, 0.717) is 23.2 Å². The van der Waals surface area contributed by atoms with Crippen LogP contribution in [0, 0.1) is 5.82 Å². The molecule has 2 N–H and O–H groups in total. The maximum Gasteiger partial charge on any atom is 0.255 e. The third-order valence-electron chi connectivity index (χ3n) is 4.90. The highest BCUT2D eigenvalue weighted by Crippen LogP contribution is 2.25. The van der Waals surface area contributed by atoms with Crippen LogP contribution in [0.1, 0.15) is 32.1 Å². The van der Waals surface area contributed by atoms with Crippen molar-refractivity contribution in [2.45, 2.75) is 38.1 Å². The van der Waals surface area contributed by atoms with Gasteiger partial charge in [-0.05, 0) is 31.0 Å². The Labute approximate surface area is 169 Å². The highest BCUT2D eigenvalue weighted by molar-refractivity contribution is 5.63. The molecule has 29 heavy (non-hydrogen) atoms. The Hall–Kier alpha value is -3.06. The first-order chi connectivity index (χ1) is 14.2. The number of halogens is 1. The summed E-state index contributed by atoms with van der Waals surface area (Å²) in [6.07, 6.45) is 8.71. The van der Waals surface area contributed by atoms with E-state index in [-0.39, 0.29) is 11.3 Å². The first kappa shape index (κ1) is 20.7. The van der Waals surface area contributed by atoms with Crippen molar-refractivity contribution in [1.29, 1.82) is 0 Å². The number of aromatic nitrogens is 3. The van der Waals surface area contributed by atoms with Crippen LogP contribution >= 0.6 is 0 Å². The van der Waals surface area contributed by atoms with Gasteiger partial charge in [-0.15, -0.1) is 0 Å². The Bertz CT molecular complexity index is 1000. The highest BCUT2D eigenvalue weighted by atomic mass is 19.1. The predicted octanol–water partition coefficient (Wildman–Crippen LogP) is 3.79. The minimum absolute atomic E-state index is 0.141. The van der Waals surface area contributed by atoms with Crippen LogP contribution in [-0.2, 0) is 0 Å². The minimum atomic E-state index is -0.484. The summed E-state index contributed by atoms with van der Waals surface area (Å²) in [4.78, 5) is 20.6. The molecule has 0 amide bonds. The van der Waals surface area contributed by atoms with E-state index in [9.17, 15) is 9.18 Å². The smallest absolute Gasteiger partial charge is 0.255 e. The third-order valence-corrected chi connectivity index (χ3v) is 4.90. The normalized spacial score (nSPS) is 14.0. The van der Waals surface area contributed by atoms with E-state index in [1.807, 2.05) is 6.07 Å². The SMILES string of the molecule is CO.O=c1ccccn1-c1cccc(-c2nc(NC3CCCCC3)ncc2F)c1. The van der Waals surface area contributed by atoms with E-state index in [1.54, 1.807) is 36.5 Å². The Balaban J connectivity index is 0.00000117. The van der Waals surface area contributed by atoms with Gasteiger partial charge in [0.1, 0.15) is 5.69 Å². The molecule has 1 saturated carbocycles. The van der Waals surface area contributed by atoms with Gasteiger partial charge in [0.05, 0.1) is 6.20 Å². The molecule has 6 nitrogen and oxygen atoms in total. The van der Waals surface area contributed by atoms with E-state index in [1.165, 1.54) is 36.1 Å². The lowest BCUT2D eigenvalue weighted by Gasteiger charge is -2.22. The van der Waals surface area contributed by atoms with Gasteiger partial charge in [-0.3, -0.25) is 9.36 Å². The first-order valence-corrected chi connectivity index (χ1v) is 9.73. The molecule has 0 radical (unpaired) electrons. The van der Waals surface area contributed by atoms with Gasteiger partial charge >= 0.3 is 0 Å². The Kier molecular flexibility index (Phi) is 7.08. The van der Waals surface area contributed by atoms with Crippen molar-refractivity contribution < 1.29 is 9.50 Å². The van der Waals surface area contributed by atoms with E-state index in [4.69, 9.17) is 5.11 Å². The van der Waals surface area contributed by atoms with E-state index >= 15 is 0 Å². The van der Waals surface area contributed by atoms with Crippen LogP contribution in [0.15, 0.2) is 59.7 Å². The lowest BCUT2D eigenvalue weighted by atomic mass is 9.96. The molecule has 1 aliphatic carbocycles. The second kappa shape index (κ2) is 9.93. The van der Waals surface area contributed by atoms with Crippen LogP contribution in [0.3, 0.4) is 0 Å². The summed E-state index contributed by atoms with van der Waals surface area (Å²) in [7, 11) is 1.00. The Morgan fingerprint density at radius 1 is 1.10 bits per heavy atom. The van der Waals surface area contributed by atoms with Gasteiger partial charge in [0, 0.05) is 36.7 Å². The number of benzene rings is 1. The van der Waals surface area contributed by atoms with Gasteiger partial charge in [-0.25, -0.2) is 14.4 Å². The summed E-state index contributed by atoms with van der Waals surface area (Å²) < 4.78 is 15.9. The minimum Gasteiger partial charge on any atom is -0.400 e. The lowest BCUT2D eigenvalue weighted by molar-refractivity contribution is 0.399. The zero-order chi connectivity index (χ0) is 20.6. The Morgan fingerprint density at radius 3 is 2.66 bits per heavy atom. The van der Waals surface area contributed by atoms with Crippen LogP contribution < -0.4 is 10.9 Å². The van der Waals surface area contributed by atoms with E-state index in [0.717, 1.165) is 20.0 Å². The number of pyridine rings is 1. The van der Waals surface area contributed by atoms with Crippen LogP contribution in [-0.4, -0.2) is 32.8 Å². The zero-order valence-corrected chi connectivity index (χ0v) is 16.4. The zero-order valence-electron chi connectivity index (χ0n) is 16.4. The van der Waals surface area contributed by atoms with Crippen molar-refractivity contribution >= 4 is 5.95 Å². The summed E-state index contributed by atoms with van der Waals surface area (Å²) in [6, 6.07) is 12.5. The summed E-state index contributed by atoms with van der Waals surface area (Å²) in [6.45, 7) is 0.